The van der Waals surface area contributed by atoms with E-state index in [1.54, 1.807) is 25.0 Å². The summed E-state index contributed by atoms with van der Waals surface area (Å²) in [7, 11) is 1.61. The highest BCUT2D eigenvalue weighted by molar-refractivity contribution is 7.11. The molecule has 3 N–H and O–H groups in total. The van der Waals surface area contributed by atoms with Gasteiger partial charge in [-0.25, -0.2) is 9.97 Å². The third-order valence-corrected chi connectivity index (χ3v) is 6.92. The normalized spacial score (nSPS) is 11.8. The maximum Gasteiger partial charge on any atom is 0.263 e. The summed E-state index contributed by atoms with van der Waals surface area (Å²) in [5, 5.41) is 6.87. The number of ether oxygens (including phenoxy) is 1. The van der Waals surface area contributed by atoms with Gasteiger partial charge in [-0.2, -0.15) is 0 Å². The number of imidazole rings is 1. The van der Waals surface area contributed by atoms with Crippen LogP contribution in [0.5, 0.6) is 5.88 Å². The highest BCUT2D eigenvalue weighted by atomic mass is 32.1. The number of thiazole rings is 1. The molecule has 3 heterocycles. The molecule has 4 rings (SSSR count). The largest absolute Gasteiger partial charge is 0.480 e. The number of carbonyl (C=O) groups excluding carboxylic acids is 2. The van der Waals surface area contributed by atoms with Gasteiger partial charge in [0, 0.05) is 30.8 Å². The van der Waals surface area contributed by atoms with Crippen LogP contribution < -0.4 is 15.4 Å². The predicted octanol–water partition coefficient (Wildman–Crippen LogP) is 4.69. The third-order valence-electron chi connectivity index (χ3n) is 6.15. The lowest BCUT2D eigenvalue weighted by atomic mass is 9.99. The van der Waals surface area contributed by atoms with Gasteiger partial charge in [-0.3, -0.25) is 14.6 Å². The van der Waals surface area contributed by atoms with Crippen LogP contribution in [0.15, 0.2) is 48.2 Å². The van der Waals surface area contributed by atoms with Gasteiger partial charge in [0.15, 0.2) is 0 Å². The number of unbranched alkanes of at least 4 members (excludes halogenated alkanes) is 2. The number of rotatable bonds is 13. The number of amides is 2. The lowest BCUT2D eigenvalue weighted by Crippen LogP contribution is -2.28. The number of aromatic amines is 1. The van der Waals surface area contributed by atoms with Crippen molar-refractivity contribution in [2.45, 2.75) is 44.9 Å². The fraction of sp³-hybridized carbons (Fsp3) is 0.370. The number of carbonyl (C=O) groups is 2. The molecule has 0 bridgehead atoms. The summed E-state index contributed by atoms with van der Waals surface area (Å²) in [5.41, 5.74) is 4.14. The molecule has 9 nitrogen and oxygen atoms in total. The molecule has 4 aromatic rings. The quantitative estimate of drug-likeness (QED) is 0.220. The second-order valence-electron chi connectivity index (χ2n) is 8.75. The summed E-state index contributed by atoms with van der Waals surface area (Å²) in [6.07, 6.45) is 7.37. The van der Waals surface area contributed by atoms with Crippen LogP contribution in [0.3, 0.4) is 0 Å². The first-order valence-corrected chi connectivity index (χ1v) is 13.4. The van der Waals surface area contributed by atoms with Crippen molar-refractivity contribution in [1.82, 2.24) is 30.6 Å². The van der Waals surface area contributed by atoms with E-state index in [0.717, 1.165) is 53.7 Å². The number of benzene rings is 1. The standard InChI is InChI=1S/C27H32N6O3S/c1-3-29-24(34)12-6-4-5-10-19(14-31-26(35)23-16-28-17-37-23)25-30-15-22(32-25)20-13-18-9-7-8-11-21(18)33-27(20)36-2/h7-9,11,13,15-17,19H,3-6,10,12,14H2,1-2H3,(H,29,34)(H,30,32)(H,31,35). The lowest BCUT2D eigenvalue weighted by molar-refractivity contribution is -0.121. The number of pyridine rings is 1. The van der Waals surface area contributed by atoms with Crippen molar-refractivity contribution in [1.29, 1.82) is 0 Å². The molecule has 1 unspecified atom stereocenters. The molecule has 0 saturated carbocycles. The lowest BCUT2D eigenvalue weighted by Gasteiger charge is -2.16. The molecule has 0 aliphatic carbocycles. The number of para-hydroxylation sites is 1. The van der Waals surface area contributed by atoms with Gasteiger partial charge < -0.3 is 20.4 Å². The molecule has 0 fully saturated rings. The second kappa shape index (κ2) is 13.0. The van der Waals surface area contributed by atoms with Crippen LogP contribution in [-0.4, -0.2) is 51.9 Å². The minimum Gasteiger partial charge on any atom is -0.480 e. The van der Waals surface area contributed by atoms with E-state index in [1.807, 2.05) is 37.3 Å². The first-order valence-electron chi connectivity index (χ1n) is 12.5. The Morgan fingerprint density at radius 2 is 2.00 bits per heavy atom. The minimum absolute atomic E-state index is 0.0190. The number of methoxy groups -OCH3 is 1. The maximum atomic E-state index is 12.5. The molecule has 0 radical (unpaired) electrons. The summed E-state index contributed by atoms with van der Waals surface area (Å²) in [6.45, 7) is 3.01. The molecular formula is C27H32N6O3S. The molecule has 0 aliphatic rings. The molecule has 194 valence electrons. The SMILES string of the molecule is CCNC(=O)CCCCCC(CNC(=O)c1cncs1)c1ncc(-c2cc3ccccc3nc2OC)[nH]1. The Kier molecular flexibility index (Phi) is 9.20. The van der Waals surface area contributed by atoms with E-state index in [1.165, 1.54) is 11.3 Å². The van der Waals surface area contributed by atoms with Crippen molar-refractivity contribution in [3.63, 3.8) is 0 Å². The Bertz CT molecular complexity index is 1320. The van der Waals surface area contributed by atoms with Crippen molar-refractivity contribution in [3.8, 4) is 17.1 Å². The fourth-order valence-electron chi connectivity index (χ4n) is 4.23. The van der Waals surface area contributed by atoms with E-state index in [-0.39, 0.29) is 17.7 Å². The smallest absolute Gasteiger partial charge is 0.263 e. The summed E-state index contributed by atoms with van der Waals surface area (Å²) in [6, 6.07) is 9.94. The van der Waals surface area contributed by atoms with Gasteiger partial charge in [0.05, 0.1) is 41.8 Å². The number of fused-ring (bicyclic) bond motifs is 1. The van der Waals surface area contributed by atoms with Crippen molar-refractivity contribution < 1.29 is 14.3 Å². The monoisotopic (exact) mass is 520 g/mol. The highest BCUT2D eigenvalue weighted by Crippen LogP contribution is 2.32. The second-order valence-corrected chi connectivity index (χ2v) is 9.63. The van der Waals surface area contributed by atoms with Crippen LogP contribution in [-0.2, 0) is 4.79 Å². The molecule has 0 spiro atoms. The minimum atomic E-state index is -0.143. The van der Waals surface area contributed by atoms with Crippen molar-refractivity contribution in [2.75, 3.05) is 20.2 Å². The molecule has 1 aromatic carbocycles. The van der Waals surface area contributed by atoms with Crippen LogP contribution in [0, 0.1) is 0 Å². The molecule has 2 amide bonds. The Hall–Kier alpha value is -3.79. The zero-order chi connectivity index (χ0) is 26.0. The maximum absolute atomic E-state index is 12.5. The van der Waals surface area contributed by atoms with Gasteiger partial charge in [-0.1, -0.05) is 31.0 Å². The van der Waals surface area contributed by atoms with Gasteiger partial charge in [0.1, 0.15) is 10.7 Å². The van der Waals surface area contributed by atoms with E-state index in [0.29, 0.717) is 30.3 Å². The van der Waals surface area contributed by atoms with Gasteiger partial charge in [-0.05, 0) is 31.9 Å². The highest BCUT2D eigenvalue weighted by Gasteiger charge is 2.20. The topological polar surface area (TPSA) is 122 Å². The number of hydrogen-bond donors (Lipinski definition) is 3. The van der Waals surface area contributed by atoms with E-state index < -0.39 is 0 Å². The molecule has 0 aliphatic heterocycles. The van der Waals surface area contributed by atoms with E-state index in [2.05, 4.69) is 30.6 Å². The Balaban J connectivity index is 1.48. The Morgan fingerprint density at radius 3 is 2.78 bits per heavy atom. The molecule has 10 heteroatoms. The Morgan fingerprint density at radius 1 is 1.14 bits per heavy atom. The van der Waals surface area contributed by atoms with Crippen LogP contribution >= 0.6 is 11.3 Å². The van der Waals surface area contributed by atoms with Crippen LogP contribution in [0.25, 0.3) is 22.2 Å². The number of nitrogens with one attached hydrogen (secondary N) is 3. The van der Waals surface area contributed by atoms with Gasteiger partial charge >= 0.3 is 0 Å². The molecule has 3 aromatic heterocycles. The molecule has 1 atom stereocenters. The number of nitrogens with zero attached hydrogens (tertiary/aromatic N) is 3. The third kappa shape index (κ3) is 6.91. The van der Waals surface area contributed by atoms with Gasteiger partial charge in [-0.15, -0.1) is 11.3 Å². The van der Waals surface area contributed by atoms with Crippen LogP contribution in [0.2, 0.25) is 0 Å². The van der Waals surface area contributed by atoms with Crippen molar-refractivity contribution in [2.24, 2.45) is 0 Å². The van der Waals surface area contributed by atoms with E-state index in [4.69, 9.17) is 4.74 Å². The molecule has 37 heavy (non-hydrogen) atoms. The summed E-state index contributed by atoms with van der Waals surface area (Å²) in [5.74, 6) is 1.24. The van der Waals surface area contributed by atoms with E-state index in [9.17, 15) is 9.59 Å². The zero-order valence-electron chi connectivity index (χ0n) is 21.1. The van der Waals surface area contributed by atoms with Gasteiger partial charge in [0.25, 0.3) is 5.91 Å². The average molecular weight is 521 g/mol. The van der Waals surface area contributed by atoms with Crippen molar-refractivity contribution in [3.05, 3.63) is 58.9 Å². The number of H-pyrrole nitrogens is 1. The number of hydrogen-bond acceptors (Lipinski definition) is 7. The van der Waals surface area contributed by atoms with E-state index >= 15 is 0 Å². The fourth-order valence-corrected chi connectivity index (χ4v) is 4.77. The van der Waals surface area contributed by atoms with Gasteiger partial charge in [0.2, 0.25) is 11.8 Å². The van der Waals surface area contributed by atoms with Crippen LogP contribution in [0.4, 0.5) is 0 Å². The molecule has 0 saturated heterocycles. The Labute approximate surface area is 220 Å². The summed E-state index contributed by atoms with van der Waals surface area (Å²) < 4.78 is 5.57. The predicted molar refractivity (Wildman–Crippen MR) is 145 cm³/mol. The first-order chi connectivity index (χ1) is 18.1. The zero-order valence-corrected chi connectivity index (χ0v) is 21.9. The number of aromatic nitrogens is 4. The molecular weight excluding hydrogens is 488 g/mol. The van der Waals surface area contributed by atoms with Crippen molar-refractivity contribution >= 4 is 34.1 Å². The summed E-state index contributed by atoms with van der Waals surface area (Å²) in [4.78, 5) is 41.6. The average Bonchev–Trinajstić information content (AvgIpc) is 3.62. The van der Waals surface area contributed by atoms with Crippen LogP contribution in [0.1, 0.15) is 60.4 Å². The summed E-state index contributed by atoms with van der Waals surface area (Å²) >= 11 is 1.31. The first kappa shape index (κ1) is 26.3.